The van der Waals surface area contributed by atoms with Gasteiger partial charge >= 0.3 is 0 Å². The van der Waals surface area contributed by atoms with E-state index in [0.717, 1.165) is 0 Å². The fourth-order valence-corrected chi connectivity index (χ4v) is 2.95. The third-order valence-electron chi connectivity index (χ3n) is 4.03. The van der Waals surface area contributed by atoms with Gasteiger partial charge in [-0.1, -0.05) is 0 Å². The van der Waals surface area contributed by atoms with Crippen LogP contribution in [0.4, 0.5) is 0 Å². The zero-order valence-electron chi connectivity index (χ0n) is 11.9. The van der Waals surface area contributed by atoms with E-state index < -0.39 is 17.7 Å². The van der Waals surface area contributed by atoms with Crippen LogP contribution in [0.2, 0.25) is 0 Å². The second-order valence-electron chi connectivity index (χ2n) is 5.36. The average Bonchev–Trinajstić information content (AvgIpc) is 2.79. The summed E-state index contributed by atoms with van der Waals surface area (Å²) in [5.74, 6) is -0.576. The molecule has 2 atom stereocenters. The van der Waals surface area contributed by atoms with Gasteiger partial charge in [-0.25, -0.2) is 0 Å². The third kappa shape index (κ3) is 1.65. The maximum atomic E-state index is 12.9. The summed E-state index contributed by atoms with van der Waals surface area (Å²) < 4.78 is 16.1. The number of ketones is 1. The Morgan fingerprint density at radius 2 is 1.78 bits per heavy atom. The quantitative estimate of drug-likeness (QED) is 0.728. The average molecular weight is 316 g/mol. The van der Waals surface area contributed by atoms with Gasteiger partial charge < -0.3 is 29.5 Å². The summed E-state index contributed by atoms with van der Waals surface area (Å²) in [6.07, 6.45) is -1.31. The van der Waals surface area contributed by atoms with Crippen molar-refractivity contribution >= 4 is 5.78 Å². The van der Waals surface area contributed by atoms with Crippen molar-refractivity contribution < 1.29 is 34.3 Å². The molecule has 0 bridgehead atoms. The van der Waals surface area contributed by atoms with Gasteiger partial charge in [0.2, 0.25) is 11.4 Å². The Morgan fingerprint density at radius 1 is 1.09 bits per heavy atom. The number of phenols is 2. The zero-order chi connectivity index (χ0) is 16.4. The van der Waals surface area contributed by atoms with Crippen molar-refractivity contribution in [1.29, 1.82) is 0 Å². The van der Waals surface area contributed by atoms with Gasteiger partial charge in [0.25, 0.3) is 6.29 Å². The number of benzene rings is 2. The number of hydrogen-bond donors (Lipinski definition) is 3. The van der Waals surface area contributed by atoms with E-state index in [4.69, 9.17) is 14.2 Å². The summed E-state index contributed by atoms with van der Waals surface area (Å²) in [4.78, 5) is 12.9. The number of aromatic hydroxyl groups is 2. The second kappa shape index (κ2) is 4.30. The van der Waals surface area contributed by atoms with Crippen LogP contribution in [0.5, 0.6) is 28.7 Å². The third-order valence-corrected chi connectivity index (χ3v) is 4.03. The molecule has 0 amide bonds. The summed E-state index contributed by atoms with van der Waals surface area (Å²) in [5.41, 5.74) is -1.83. The Labute approximate surface area is 130 Å². The second-order valence-corrected chi connectivity index (χ2v) is 5.36. The summed E-state index contributed by atoms with van der Waals surface area (Å²) in [6.45, 7) is 0. The molecular formula is C16H12O7. The molecule has 118 valence electrons. The van der Waals surface area contributed by atoms with E-state index in [1.165, 1.54) is 37.4 Å². The van der Waals surface area contributed by atoms with E-state index >= 15 is 0 Å². The minimum Gasteiger partial charge on any atom is -0.508 e. The molecule has 4 rings (SSSR count). The number of phenolic OH excluding ortho intramolecular Hbond substituents is 2. The van der Waals surface area contributed by atoms with E-state index in [9.17, 15) is 20.1 Å². The molecule has 2 heterocycles. The van der Waals surface area contributed by atoms with Crippen LogP contribution in [0.3, 0.4) is 0 Å². The van der Waals surface area contributed by atoms with Gasteiger partial charge in [0, 0.05) is 23.8 Å². The normalized spacial score (nSPS) is 24.1. The highest BCUT2D eigenvalue weighted by Crippen LogP contribution is 2.51. The summed E-state index contributed by atoms with van der Waals surface area (Å²) in [7, 11) is 1.34. The Hall–Kier alpha value is -2.93. The first-order valence-corrected chi connectivity index (χ1v) is 6.80. The number of methoxy groups -OCH3 is 1. The van der Waals surface area contributed by atoms with E-state index in [2.05, 4.69) is 0 Å². The van der Waals surface area contributed by atoms with E-state index in [1.54, 1.807) is 0 Å². The molecule has 7 nitrogen and oxygen atoms in total. The van der Waals surface area contributed by atoms with Gasteiger partial charge in [0.05, 0.1) is 7.11 Å². The summed E-state index contributed by atoms with van der Waals surface area (Å²) in [5, 5.41) is 30.2. The molecule has 2 aromatic carbocycles. The summed E-state index contributed by atoms with van der Waals surface area (Å²) >= 11 is 0. The molecule has 2 aliphatic heterocycles. The van der Waals surface area contributed by atoms with Crippen molar-refractivity contribution in [3.63, 3.8) is 0 Å². The molecule has 2 aromatic rings. The fourth-order valence-electron chi connectivity index (χ4n) is 2.95. The molecule has 0 aliphatic carbocycles. The lowest BCUT2D eigenvalue weighted by atomic mass is 9.84. The highest BCUT2D eigenvalue weighted by atomic mass is 16.7. The van der Waals surface area contributed by atoms with Crippen LogP contribution in [-0.2, 0) is 5.60 Å². The number of Topliss-reactive ketones (excluding diaryl/α,β-unsaturated/α-hetero) is 1. The predicted molar refractivity (Wildman–Crippen MR) is 76.0 cm³/mol. The van der Waals surface area contributed by atoms with Gasteiger partial charge in [0.15, 0.2) is 0 Å². The van der Waals surface area contributed by atoms with Crippen LogP contribution >= 0.6 is 0 Å². The summed E-state index contributed by atoms with van der Waals surface area (Å²) in [6, 6.07) is 6.56. The van der Waals surface area contributed by atoms with Crippen LogP contribution in [0.1, 0.15) is 15.9 Å². The first-order chi connectivity index (χ1) is 10.9. The molecule has 0 spiro atoms. The molecule has 0 saturated heterocycles. The Balaban J connectivity index is 1.94. The van der Waals surface area contributed by atoms with Crippen LogP contribution in [0.25, 0.3) is 0 Å². The van der Waals surface area contributed by atoms with Crippen LogP contribution in [-0.4, -0.2) is 34.5 Å². The number of ether oxygens (including phenoxy) is 3. The SMILES string of the molecule is COc1cc(O)cc2c1C(=O)[C@]1(O)c3ccc(O)cc3O[C@@H]1O2. The molecule has 2 aliphatic rings. The number of carbonyl (C=O) groups excluding carboxylic acids is 1. The minimum atomic E-state index is -2.06. The van der Waals surface area contributed by atoms with Gasteiger partial charge in [0.1, 0.15) is 34.3 Å². The van der Waals surface area contributed by atoms with Crippen molar-refractivity contribution in [2.75, 3.05) is 7.11 Å². The minimum absolute atomic E-state index is 0.0218. The maximum Gasteiger partial charge on any atom is 0.281 e. The van der Waals surface area contributed by atoms with Crippen molar-refractivity contribution in [2.24, 2.45) is 0 Å². The molecule has 0 unspecified atom stereocenters. The zero-order valence-corrected chi connectivity index (χ0v) is 11.9. The number of aliphatic hydroxyl groups is 1. The van der Waals surface area contributed by atoms with E-state index in [0.29, 0.717) is 0 Å². The lowest BCUT2D eigenvalue weighted by Crippen LogP contribution is -2.51. The van der Waals surface area contributed by atoms with Crippen molar-refractivity contribution in [3.8, 4) is 28.7 Å². The number of rotatable bonds is 1. The van der Waals surface area contributed by atoms with Gasteiger partial charge in [-0.15, -0.1) is 0 Å². The number of carbonyl (C=O) groups is 1. The topological polar surface area (TPSA) is 105 Å². The number of hydrogen-bond acceptors (Lipinski definition) is 7. The van der Waals surface area contributed by atoms with Gasteiger partial charge in [-0.05, 0) is 12.1 Å². The lowest BCUT2D eigenvalue weighted by molar-refractivity contribution is -0.118. The van der Waals surface area contributed by atoms with Crippen LogP contribution < -0.4 is 14.2 Å². The maximum absolute atomic E-state index is 12.9. The smallest absolute Gasteiger partial charge is 0.281 e. The largest absolute Gasteiger partial charge is 0.508 e. The van der Waals surface area contributed by atoms with Gasteiger partial charge in [-0.3, -0.25) is 4.79 Å². The Kier molecular flexibility index (Phi) is 2.56. The monoisotopic (exact) mass is 316 g/mol. The highest BCUT2D eigenvalue weighted by Gasteiger charge is 2.59. The Bertz CT molecular complexity index is 845. The molecule has 3 N–H and O–H groups in total. The van der Waals surface area contributed by atoms with Gasteiger partial charge in [-0.2, -0.15) is 0 Å². The lowest BCUT2D eigenvalue weighted by Gasteiger charge is -2.33. The van der Waals surface area contributed by atoms with E-state index in [1.807, 2.05) is 0 Å². The van der Waals surface area contributed by atoms with Crippen LogP contribution in [0, 0.1) is 0 Å². The molecule has 0 saturated carbocycles. The Morgan fingerprint density at radius 3 is 2.52 bits per heavy atom. The first-order valence-electron chi connectivity index (χ1n) is 6.80. The number of fused-ring (bicyclic) bond motifs is 4. The van der Waals surface area contributed by atoms with Crippen molar-refractivity contribution in [3.05, 3.63) is 41.5 Å². The van der Waals surface area contributed by atoms with Crippen LogP contribution in [0.15, 0.2) is 30.3 Å². The molecule has 0 radical (unpaired) electrons. The predicted octanol–water partition coefficient (Wildman–Crippen LogP) is 1.29. The molecule has 7 heteroatoms. The van der Waals surface area contributed by atoms with Crippen molar-refractivity contribution in [1.82, 2.24) is 0 Å². The molecule has 23 heavy (non-hydrogen) atoms. The standard InChI is InChI=1S/C16H12O7/c1-21-11-5-8(18)6-12-13(11)14(19)16(20)9-3-2-7(17)4-10(9)22-15(16)23-12/h2-6,15,17-18,20H,1H3/t15-,16-/m1/s1. The first kappa shape index (κ1) is 13.7. The van der Waals surface area contributed by atoms with E-state index in [-0.39, 0.29) is 39.9 Å². The fraction of sp³-hybridized carbons (Fsp3) is 0.188. The molecular weight excluding hydrogens is 304 g/mol. The molecule has 0 fully saturated rings. The molecule has 0 aromatic heterocycles. The highest BCUT2D eigenvalue weighted by molar-refractivity contribution is 6.09. The van der Waals surface area contributed by atoms with Crippen molar-refractivity contribution in [2.45, 2.75) is 11.9 Å².